The van der Waals surface area contributed by atoms with Gasteiger partial charge in [-0.1, -0.05) is 50.2 Å². The monoisotopic (exact) mass is 524 g/mol. The van der Waals surface area contributed by atoms with E-state index in [0.29, 0.717) is 12.1 Å². The lowest BCUT2D eigenvalue weighted by molar-refractivity contribution is -0.126. The van der Waals surface area contributed by atoms with Crippen molar-refractivity contribution in [1.29, 1.82) is 0 Å². The Kier molecular flexibility index (Phi) is 10.8. The van der Waals surface area contributed by atoms with Crippen LogP contribution < -0.4 is 10.6 Å². The number of likely N-dealkylation sites (N-methyl/N-ethyl adjacent to an activating group) is 1. The number of pyridine rings is 1. The Labute approximate surface area is 226 Å². The average molecular weight is 524 g/mol. The number of aromatic nitrogens is 1. The summed E-state index contributed by atoms with van der Waals surface area (Å²) in [7, 11) is 1.36. The second-order valence-electron chi connectivity index (χ2n) is 10.7. The molecule has 1 saturated heterocycles. The number of aliphatic hydroxyl groups is 1. The lowest BCUT2D eigenvalue weighted by Crippen LogP contribution is -2.60. The zero-order valence-corrected chi connectivity index (χ0v) is 23.3. The van der Waals surface area contributed by atoms with Crippen molar-refractivity contribution in [3.63, 3.8) is 0 Å². The first-order chi connectivity index (χ1) is 18.0. The molecule has 9 nitrogen and oxygen atoms in total. The Balaban J connectivity index is 1.75. The molecule has 206 valence electrons. The Morgan fingerprint density at radius 3 is 2.24 bits per heavy atom. The van der Waals surface area contributed by atoms with E-state index in [0.717, 1.165) is 18.7 Å². The zero-order valence-electron chi connectivity index (χ0n) is 23.3. The molecule has 10 heteroatoms. The molecule has 38 heavy (non-hydrogen) atoms. The molecule has 0 aliphatic carbocycles. The Hall–Kier alpha value is -2.79. The largest absolute Gasteiger partial charge is 0.481 e. The van der Waals surface area contributed by atoms with Gasteiger partial charge in [0.1, 0.15) is 11.7 Å². The van der Waals surface area contributed by atoms with Crippen molar-refractivity contribution < 1.29 is 24.0 Å². The lowest BCUT2D eigenvalue weighted by atomic mass is 9.72. The van der Waals surface area contributed by atoms with E-state index in [4.69, 9.17) is 9.31 Å². The highest BCUT2D eigenvalue weighted by atomic mass is 16.6. The zero-order chi connectivity index (χ0) is 27.8. The van der Waals surface area contributed by atoms with Crippen LogP contribution in [0, 0.1) is 5.92 Å². The molecule has 1 aromatic carbocycles. The fraction of sp³-hybridized carbons (Fsp3) is 0.536. The molecular formula is C28H41BN4O5. The van der Waals surface area contributed by atoms with Crippen molar-refractivity contribution in [1.82, 2.24) is 20.5 Å². The van der Waals surface area contributed by atoms with Crippen LogP contribution in [-0.4, -0.2) is 84.4 Å². The van der Waals surface area contributed by atoms with Gasteiger partial charge in [-0.15, -0.1) is 0 Å². The molecular weight excluding hydrogens is 483 g/mol. The fourth-order valence-corrected chi connectivity index (χ4v) is 4.69. The van der Waals surface area contributed by atoms with E-state index in [-0.39, 0.29) is 23.8 Å². The quantitative estimate of drug-likeness (QED) is 0.432. The first-order valence-electron chi connectivity index (χ1n) is 13.3. The van der Waals surface area contributed by atoms with Gasteiger partial charge in [-0.3, -0.25) is 9.59 Å². The maximum Gasteiger partial charge on any atom is 0.481 e. The molecule has 0 spiro atoms. The first kappa shape index (κ1) is 29.8. The third-order valence-corrected chi connectivity index (χ3v) is 6.35. The highest BCUT2D eigenvalue weighted by molar-refractivity contribution is 6.47. The highest BCUT2D eigenvalue weighted by Crippen LogP contribution is 2.18. The third kappa shape index (κ3) is 8.63. The number of carbonyl (C=O) groups is 2. The maximum absolute atomic E-state index is 13.4. The standard InChI is InChI=1S/C28H41BN4O5/c1-18(2)15-25(29-37-19(3)16-33(6)17-20(4)38-29)31-28(36)26(21(5)34)32-27(35)24-14-10-13-23(30-24)22-11-8-7-9-12-22/h7-14,18-21,25-26,34H,15-17H2,1-6H3,(H,31,36)(H,32,35)/t19?,20?,21-,25?,26?/m1/s1. The second-order valence-corrected chi connectivity index (χ2v) is 10.7. The molecule has 3 N–H and O–H groups in total. The van der Waals surface area contributed by atoms with Crippen LogP contribution in [0.3, 0.4) is 0 Å². The number of aliphatic hydroxyl groups excluding tert-OH is 1. The number of hydrogen-bond acceptors (Lipinski definition) is 7. The van der Waals surface area contributed by atoms with Crippen LogP contribution in [-0.2, 0) is 14.1 Å². The normalized spacial score (nSPS) is 21.2. The van der Waals surface area contributed by atoms with Crippen molar-refractivity contribution in [2.75, 3.05) is 20.1 Å². The van der Waals surface area contributed by atoms with Gasteiger partial charge in [-0.2, -0.15) is 0 Å². The summed E-state index contributed by atoms with van der Waals surface area (Å²) in [4.78, 5) is 33.1. The molecule has 1 fully saturated rings. The van der Waals surface area contributed by atoms with Crippen LogP contribution in [0.2, 0.25) is 0 Å². The number of amides is 2. The van der Waals surface area contributed by atoms with E-state index in [1.54, 1.807) is 12.1 Å². The summed E-state index contributed by atoms with van der Waals surface area (Å²) in [5.41, 5.74) is 1.67. The summed E-state index contributed by atoms with van der Waals surface area (Å²) >= 11 is 0. The Bertz CT molecular complexity index is 1040. The van der Waals surface area contributed by atoms with E-state index in [9.17, 15) is 14.7 Å². The minimum Gasteiger partial charge on any atom is -0.406 e. The van der Waals surface area contributed by atoms with Crippen LogP contribution in [0.4, 0.5) is 0 Å². The molecule has 2 heterocycles. The molecule has 0 bridgehead atoms. The predicted molar refractivity (Wildman–Crippen MR) is 148 cm³/mol. The molecule has 2 aromatic rings. The minimum atomic E-state index is -1.19. The van der Waals surface area contributed by atoms with Crippen LogP contribution in [0.1, 0.15) is 51.5 Å². The Morgan fingerprint density at radius 1 is 1.03 bits per heavy atom. The summed E-state index contributed by atoms with van der Waals surface area (Å²) in [6, 6.07) is 13.5. The lowest BCUT2D eigenvalue weighted by Gasteiger charge is -2.36. The third-order valence-electron chi connectivity index (χ3n) is 6.35. The smallest absolute Gasteiger partial charge is 0.406 e. The van der Waals surface area contributed by atoms with Crippen molar-refractivity contribution in [2.24, 2.45) is 5.92 Å². The average Bonchev–Trinajstić information content (AvgIpc) is 2.85. The molecule has 3 rings (SSSR count). The van der Waals surface area contributed by atoms with E-state index >= 15 is 0 Å². The highest BCUT2D eigenvalue weighted by Gasteiger charge is 2.39. The van der Waals surface area contributed by atoms with E-state index < -0.39 is 37.0 Å². The second kappa shape index (κ2) is 13.8. The minimum absolute atomic E-state index is 0.0979. The summed E-state index contributed by atoms with van der Waals surface area (Å²) in [6.45, 7) is 11.0. The van der Waals surface area contributed by atoms with Crippen LogP contribution in [0.25, 0.3) is 11.3 Å². The number of nitrogens with zero attached hydrogens (tertiary/aromatic N) is 2. The summed E-state index contributed by atoms with van der Waals surface area (Å²) < 4.78 is 12.4. The van der Waals surface area contributed by atoms with Gasteiger partial charge in [0.05, 0.1) is 29.9 Å². The topological polar surface area (TPSA) is 113 Å². The predicted octanol–water partition coefficient (Wildman–Crippen LogP) is 2.54. The molecule has 1 aliphatic rings. The van der Waals surface area contributed by atoms with Gasteiger partial charge in [-0.05, 0) is 52.3 Å². The van der Waals surface area contributed by atoms with E-state index in [1.807, 2.05) is 57.3 Å². The fourth-order valence-electron chi connectivity index (χ4n) is 4.69. The summed E-state index contributed by atoms with van der Waals surface area (Å²) in [5.74, 6) is -1.28. The van der Waals surface area contributed by atoms with Crippen molar-refractivity contribution in [2.45, 2.75) is 71.3 Å². The van der Waals surface area contributed by atoms with Crippen LogP contribution in [0.15, 0.2) is 48.5 Å². The van der Waals surface area contributed by atoms with Crippen molar-refractivity contribution >= 4 is 18.9 Å². The molecule has 4 unspecified atom stereocenters. The van der Waals surface area contributed by atoms with E-state index in [2.05, 4.69) is 34.4 Å². The van der Waals surface area contributed by atoms with Gasteiger partial charge < -0.3 is 29.9 Å². The van der Waals surface area contributed by atoms with Gasteiger partial charge in [0.25, 0.3) is 5.91 Å². The number of carbonyl (C=O) groups excluding carboxylic acids is 2. The van der Waals surface area contributed by atoms with Gasteiger partial charge in [0, 0.05) is 18.7 Å². The Morgan fingerprint density at radius 2 is 1.66 bits per heavy atom. The number of nitrogens with one attached hydrogen (secondary N) is 2. The van der Waals surface area contributed by atoms with E-state index in [1.165, 1.54) is 6.92 Å². The maximum atomic E-state index is 13.4. The molecule has 0 radical (unpaired) electrons. The molecule has 1 aliphatic heterocycles. The van der Waals surface area contributed by atoms with Crippen molar-refractivity contribution in [3.8, 4) is 11.3 Å². The number of hydrogen-bond donors (Lipinski definition) is 3. The summed E-state index contributed by atoms with van der Waals surface area (Å²) in [6.07, 6.45) is -0.729. The molecule has 5 atom stereocenters. The molecule has 0 saturated carbocycles. The molecule has 1 aromatic heterocycles. The molecule has 2 amide bonds. The first-order valence-corrected chi connectivity index (χ1v) is 13.3. The number of benzene rings is 1. The van der Waals surface area contributed by atoms with Crippen LogP contribution >= 0.6 is 0 Å². The summed E-state index contributed by atoms with van der Waals surface area (Å²) in [5, 5.41) is 16.1. The van der Waals surface area contributed by atoms with Gasteiger partial charge in [0.2, 0.25) is 5.91 Å². The van der Waals surface area contributed by atoms with Crippen molar-refractivity contribution in [3.05, 3.63) is 54.2 Å². The van der Waals surface area contributed by atoms with Crippen LogP contribution in [0.5, 0.6) is 0 Å². The van der Waals surface area contributed by atoms with Gasteiger partial charge in [0.15, 0.2) is 0 Å². The van der Waals surface area contributed by atoms with Gasteiger partial charge >= 0.3 is 7.12 Å². The number of rotatable bonds is 9. The SMILES string of the molecule is CC(C)CC(NC(=O)C(NC(=O)c1cccc(-c2ccccc2)n1)[C@@H](C)O)B1OC(C)CN(C)CC(C)O1. The van der Waals surface area contributed by atoms with Gasteiger partial charge in [-0.25, -0.2) is 4.98 Å².